The summed E-state index contributed by atoms with van der Waals surface area (Å²) in [6, 6.07) is 8.10. The molecule has 146 valence electrons. The van der Waals surface area contributed by atoms with E-state index in [0.29, 0.717) is 5.56 Å². The number of nitrogens with zero attached hydrogens (tertiary/aromatic N) is 1. The molecule has 2 N–H and O–H groups in total. The highest BCUT2D eigenvalue weighted by molar-refractivity contribution is 7.80. The number of non-ortho nitro benzene ring substituents is 1. The number of nitrogens with one attached hydrogen (secondary N) is 2. The highest BCUT2D eigenvalue weighted by atomic mass is 35.5. The van der Waals surface area contributed by atoms with E-state index >= 15 is 0 Å². The van der Waals surface area contributed by atoms with Gasteiger partial charge in [0.25, 0.3) is 5.69 Å². The predicted octanol–water partition coefficient (Wildman–Crippen LogP) is 4.79. The number of carbonyl (C=O) groups is 1. The highest BCUT2D eigenvalue weighted by Crippen LogP contribution is 2.33. The SMILES string of the molecule is O=C(/C=C/c1ccc([N+](=O)[O-])cc1)NC(=S)Nc1cc(C(F)(F)F)ccc1Cl. The molecule has 0 heterocycles. The Morgan fingerprint density at radius 2 is 1.82 bits per heavy atom. The van der Waals surface area contributed by atoms with Crippen LogP contribution < -0.4 is 10.6 Å². The second-order valence-corrected chi connectivity index (χ2v) is 6.13. The number of thiocarbonyl (C=S) groups is 1. The maximum atomic E-state index is 12.8. The van der Waals surface area contributed by atoms with Crippen molar-refractivity contribution >= 4 is 52.3 Å². The minimum atomic E-state index is -4.56. The lowest BCUT2D eigenvalue weighted by atomic mass is 10.2. The van der Waals surface area contributed by atoms with Crippen molar-refractivity contribution in [1.29, 1.82) is 0 Å². The van der Waals surface area contributed by atoms with Gasteiger partial charge in [0.05, 0.1) is 21.2 Å². The maximum Gasteiger partial charge on any atom is 0.416 e. The van der Waals surface area contributed by atoms with Crippen LogP contribution in [0, 0.1) is 10.1 Å². The average molecular weight is 430 g/mol. The minimum Gasteiger partial charge on any atom is -0.331 e. The van der Waals surface area contributed by atoms with Crippen LogP contribution in [0.15, 0.2) is 48.5 Å². The van der Waals surface area contributed by atoms with Crippen LogP contribution in [0.25, 0.3) is 6.08 Å². The van der Waals surface area contributed by atoms with Gasteiger partial charge in [0, 0.05) is 18.2 Å². The first-order chi connectivity index (χ1) is 13.1. The third kappa shape index (κ3) is 6.03. The van der Waals surface area contributed by atoms with E-state index in [1.54, 1.807) is 0 Å². The van der Waals surface area contributed by atoms with Gasteiger partial charge in [-0.2, -0.15) is 13.2 Å². The number of alkyl halides is 3. The zero-order valence-electron chi connectivity index (χ0n) is 13.8. The molecule has 0 spiro atoms. The summed E-state index contributed by atoms with van der Waals surface area (Å²) in [4.78, 5) is 21.9. The molecule has 0 saturated heterocycles. The van der Waals surface area contributed by atoms with Gasteiger partial charge in [0.15, 0.2) is 5.11 Å². The number of halogens is 4. The molecule has 2 aromatic rings. The van der Waals surface area contributed by atoms with E-state index in [9.17, 15) is 28.1 Å². The van der Waals surface area contributed by atoms with Gasteiger partial charge in [-0.3, -0.25) is 20.2 Å². The van der Waals surface area contributed by atoms with E-state index in [0.717, 1.165) is 24.3 Å². The molecule has 0 radical (unpaired) electrons. The lowest BCUT2D eigenvalue weighted by Gasteiger charge is -2.13. The van der Waals surface area contributed by atoms with Gasteiger partial charge in [0.2, 0.25) is 5.91 Å². The summed E-state index contributed by atoms with van der Waals surface area (Å²) in [5.41, 5.74) is -0.599. The monoisotopic (exact) mass is 429 g/mol. The fraction of sp³-hybridized carbons (Fsp3) is 0.0588. The number of hydrogen-bond acceptors (Lipinski definition) is 4. The number of rotatable bonds is 4. The summed E-state index contributed by atoms with van der Waals surface area (Å²) >= 11 is 10.7. The van der Waals surface area contributed by atoms with E-state index in [4.69, 9.17) is 23.8 Å². The summed E-state index contributed by atoms with van der Waals surface area (Å²) in [5.74, 6) is -0.654. The Balaban J connectivity index is 1.99. The Bertz CT molecular complexity index is 947. The number of anilines is 1. The first-order valence-electron chi connectivity index (χ1n) is 7.47. The van der Waals surface area contributed by atoms with E-state index < -0.39 is 22.6 Å². The molecule has 6 nitrogen and oxygen atoms in total. The van der Waals surface area contributed by atoms with Crippen molar-refractivity contribution in [1.82, 2.24) is 5.32 Å². The molecule has 0 saturated carbocycles. The average Bonchev–Trinajstić information content (AvgIpc) is 2.61. The van der Waals surface area contributed by atoms with Crippen LogP contribution in [-0.4, -0.2) is 15.9 Å². The second-order valence-electron chi connectivity index (χ2n) is 5.32. The minimum absolute atomic E-state index is 0.00831. The Labute approximate surface area is 167 Å². The molecule has 1 amide bonds. The zero-order chi connectivity index (χ0) is 20.9. The van der Waals surface area contributed by atoms with Crippen LogP contribution in [-0.2, 0) is 11.0 Å². The summed E-state index contributed by atoms with van der Waals surface area (Å²) in [5, 5.41) is 15.0. The summed E-state index contributed by atoms with van der Waals surface area (Å²) < 4.78 is 38.3. The maximum absolute atomic E-state index is 12.8. The molecule has 0 bridgehead atoms. The molecule has 28 heavy (non-hydrogen) atoms. The number of nitro groups is 1. The molecule has 11 heteroatoms. The molecule has 0 aliphatic rings. The van der Waals surface area contributed by atoms with Gasteiger partial charge >= 0.3 is 6.18 Å². The van der Waals surface area contributed by atoms with Gasteiger partial charge in [-0.15, -0.1) is 0 Å². The van der Waals surface area contributed by atoms with Crippen LogP contribution in [0.5, 0.6) is 0 Å². The Hall–Kier alpha value is -2.98. The molecule has 2 rings (SSSR count). The van der Waals surface area contributed by atoms with Crippen molar-refractivity contribution in [3.63, 3.8) is 0 Å². The topological polar surface area (TPSA) is 84.3 Å². The summed E-state index contributed by atoms with van der Waals surface area (Å²) in [6.07, 6.45) is -2.05. The third-order valence-corrected chi connectivity index (χ3v) is 3.84. The summed E-state index contributed by atoms with van der Waals surface area (Å²) in [7, 11) is 0. The predicted molar refractivity (Wildman–Crippen MR) is 103 cm³/mol. The van der Waals surface area contributed by atoms with Gasteiger partial charge in [-0.25, -0.2) is 0 Å². The molecule has 0 aliphatic carbocycles. The largest absolute Gasteiger partial charge is 0.416 e. The molecule has 0 aliphatic heterocycles. The Morgan fingerprint density at radius 1 is 1.18 bits per heavy atom. The number of hydrogen-bond donors (Lipinski definition) is 2. The lowest BCUT2D eigenvalue weighted by molar-refractivity contribution is -0.384. The van der Waals surface area contributed by atoms with Crippen molar-refractivity contribution in [2.75, 3.05) is 5.32 Å². The smallest absolute Gasteiger partial charge is 0.331 e. The van der Waals surface area contributed by atoms with E-state index in [-0.39, 0.29) is 21.5 Å². The van der Waals surface area contributed by atoms with Crippen LogP contribution in [0.2, 0.25) is 5.02 Å². The van der Waals surface area contributed by atoms with Gasteiger partial charge in [0.1, 0.15) is 0 Å². The number of carbonyl (C=O) groups excluding carboxylic acids is 1. The number of nitro benzene ring substituents is 1. The van der Waals surface area contributed by atoms with E-state index in [1.165, 1.54) is 30.3 Å². The van der Waals surface area contributed by atoms with Crippen molar-refractivity contribution in [3.05, 3.63) is 74.8 Å². The third-order valence-electron chi connectivity index (χ3n) is 3.31. The van der Waals surface area contributed by atoms with Crippen molar-refractivity contribution < 1.29 is 22.9 Å². The normalized spacial score (nSPS) is 11.3. The fourth-order valence-electron chi connectivity index (χ4n) is 1.98. The van der Waals surface area contributed by atoms with Gasteiger partial charge < -0.3 is 5.32 Å². The standard InChI is InChI=1S/C17H11ClF3N3O3S/c18-13-7-4-11(17(19,20)21)9-14(13)22-16(28)23-15(25)8-3-10-1-5-12(6-2-10)24(26)27/h1-9H,(H2,22,23,25,28)/b8-3+. The Kier molecular flexibility index (Phi) is 6.71. The van der Waals surface area contributed by atoms with Crippen LogP contribution in [0.4, 0.5) is 24.5 Å². The lowest BCUT2D eigenvalue weighted by Crippen LogP contribution is -2.33. The van der Waals surface area contributed by atoms with Gasteiger partial charge in [-0.1, -0.05) is 11.6 Å². The second kappa shape index (κ2) is 8.81. The van der Waals surface area contributed by atoms with E-state index in [2.05, 4.69) is 10.6 Å². The van der Waals surface area contributed by atoms with Crippen LogP contribution in [0.3, 0.4) is 0 Å². The molecule has 2 aromatic carbocycles. The van der Waals surface area contributed by atoms with Crippen LogP contribution in [0.1, 0.15) is 11.1 Å². The Morgan fingerprint density at radius 3 is 2.39 bits per heavy atom. The van der Waals surface area contributed by atoms with Crippen molar-refractivity contribution in [2.24, 2.45) is 0 Å². The highest BCUT2D eigenvalue weighted by Gasteiger charge is 2.31. The quantitative estimate of drug-likeness (QED) is 0.316. The molecule has 0 atom stereocenters. The molecule has 0 aromatic heterocycles. The fourth-order valence-corrected chi connectivity index (χ4v) is 2.36. The van der Waals surface area contributed by atoms with Crippen molar-refractivity contribution in [2.45, 2.75) is 6.18 Å². The zero-order valence-corrected chi connectivity index (χ0v) is 15.4. The van der Waals surface area contributed by atoms with Crippen LogP contribution >= 0.6 is 23.8 Å². The molecule has 0 unspecified atom stereocenters. The summed E-state index contributed by atoms with van der Waals surface area (Å²) in [6.45, 7) is 0. The molecule has 0 fully saturated rings. The number of amides is 1. The first-order valence-corrected chi connectivity index (χ1v) is 8.26. The molecular formula is C17H11ClF3N3O3S. The first kappa shape index (κ1) is 21.3. The van der Waals surface area contributed by atoms with E-state index in [1.807, 2.05) is 0 Å². The van der Waals surface area contributed by atoms with Crippen molar-refractivity contribution in [3.8, 4) is 0 Å². The number of benzene rings is 2. The molecular weight excluding hydrogens is 419 g/mol. The van der Waals surface area contributed by atoms with Gasteiger partial charge in [-0.05, 0) is 54.2 Å².